The van der Waals surface area contributed by atoms with E-state index in [9.17, 15) is 10.1 Å². The Hall–Kier alpha value is -1.16. The van der Waals surface area contributed by atoms with Gasteiger partial charge in [0.1, 0.15) is 0 Å². The SMILES string of the molecule is C=C/C(=C(/Cl)N=C)[N+](=O)[O-]. The van der Waals surface area contributed by atoms with E-state index in [0.717, 1.165) is 6.08 Å². The minimum atomic E-state index is -0.677. The molecule has 0 unspecified atom stereocenters. The van der Waals surface area contributed by atoms with Crippen LogP contribution < -0.4 is 0 Å². The third-order valence-corrected chi connectivity index (χ3v) is 1.05. The van der Waals surface area contributed by atoms with Crippen molar-refractivity contribution in [1.82, 2.24) is 0 Å². The van der Waals surface area contributed by atoms with Gasteiger partial charge in [-0.1, -0.05) is 18.2 Å². The minimum Gasteiger partial charge on any atom is -0.258 e. The first kappa shape index (κ1) is 8.84. The Kier molecular flexibility index (Phi) is 3.35. The molecule has 0 aromatic rings. The maximum atomic E-state index is 10.0. The molecule has 10 heavy (non-hydrogen) atoms. The predicted octanol–water partition coefficient (Wildman–Crippen LogP) is 1.56. The maximum absolute atomic E-state index is 10.0. The van der Waals surface area contributed by atoms with E-state index in [1.54, 1.807) is 0 Å². The number of nitro groups is 1. The highest BCUT2D eigenvalue weighted by Gasteiger charge is 2.10. The van der Waals surface area contributed by atoms with Crippen molar-refractivity contribution < 1.29 is 4.92 Å². The largest absolute Gasteiger partial charge is 0.305 e. The number of hydrogen-bond acceptors (Lipinski definition) is 3. The van der Waals surface area contributed by atoms with Crippen LogP contribution in [-0.4, -0.2) is 11.6 Å². The molecule has 0 spiro atoms. The summed E-state index contributed by atoms with van der Waals surface area (Å²) in [5.41, 5.74) is -0.336. The van der Waals surface area contributed by atoms with E-state index in [1.807, 2.05) is 0 Å². The Morgan fingerprint density at radius 3 is 2.40 bits per heavy atom. The van der Waals surface area contributed by atoms with Crippen LogP contribution in [0.4, 0.5) is 0 Å². The zero-order valence-corrected chi connectivity index (χ0v) is 5.84. The van der Waals surface area contributed by atoms with Gasteiger partial charge in [0.15, 0.2) is 0 Å². The molecule has 4 nitrogen and oxygen atoms in total. The van der Waals surface area contributed by atoms with Crippen LogP contribution in [0, 0.1) is 10.1 Å². The van der Waals surface area contributed by atoms with Gasteiger partial charge in [-0.25, -0.2) is 4.99 Å². The van der Waals surface area contributed by atoms with Gasteiger partial charge in [-0.05, 0) is 6.72 Å². The zero-order chi connectivity index (χ0) is 8.15. The number of rotatable bonds is 3. The molecule has 0 rings (SSSR count). The number of aliphatic imine (C=N–C) groups is 1. The highest BCUT2D eigenvalue weighted by Crippen LogP contribution is 2.10. The molecular formula is C5H5ClN2O2. The van der Waals surface area contributed by atoms with Crippen LogP contribution in [0.25, 0.3) is 0 Å². The number of nitrogens with zero attached hydrogens (tertiary/aromatic N) is 2. The van der Waals surface area contributed by atoms with Crippen LogP contribution in [0.5, 0.6) is 0 Å². The van der Waals surface area contributed by atoms with Crippen LogP contribution in [-0.2, 0) is 0 Å². The average Bonchev–Trinajstić information content (AvgIpc) is 1.88. The lowest BCUT2D eigenvalue weighted by Gasteiger charge is -1.89. The van der Waals surface area contributed by atoms with Crippen molar-refractivity contribution in [2.75, 3.05) is 0 Å². The lowest BCUT2D eigenvalue weighted by molar-refractivity contribution is -0.419. The fraction of sp³-hybridized carbons (Fsp3) is 0. The molecule has 5 heteroatoms. The standard InChI is InChI=1S/C5H5ClN2O2/c1-3-4(8(9)10)5(6)7-2/h3H,1-2H2/b5-4+. The van der Waals surface area contributed by atoms with Crippen LogP contribution >= 0.6 is 11.6 Å². The van der Waals surface area contributed by atoms with Gasteiger partial charge >= 0.3 is 5.70 Å². The van der Waals surface area contributed by atoms with E-state index in [0.29, 0.717) is 0 Å². The van der Waals surface area contributed by atoms with Crippen LogP contribution in [0.3, 0.4) is 0 Å². The summed E-state index contributed by atoms with van der Waals surface area (Å²) in [5, 5.41) is 9.79. The third-order valence-electron chi connectivity index (χ3n) is 0.740. The van der Waals surface area contributed by atoms with Crippen LogP contribution in [0.15, 0.2) is 28.5 Å². The van der Waals surface area contributed by atoms with E-state index in [-0.39, 0.29) is 10.9 Å². The zero-order valence-electron chi connectivity index (χ0n) is 5.08. The normalized spacial score (nSPS) is 11.7. The van der Waals surface area contributed by atoms with Gasteiger partial charge in [-0.15, -0.1) is 0 Å². The second kappa shape index (κ2) is 3.79. The number of halogens is 1. The highest BCUT2D eigenvalue weighted by atomic mass is 35.5. The van der Waals surface area contributed by atoms with E-state index in [4.69, 9.17) is 11.6 Å². The van der Waals surface area contributed by atoms with Crippen molar-refractivity contribution in [1.29, 1.82) is 0 Å². The van der Waals surface area contributed by atoms with Crippen molar-refractivity contribution in [3.05, 3.63) is 33.6 Å². The van der Waals surface area contributed by atoms with Crippen molar-refractivity contribution in [2.45, 2.75) is 0 Å². The Labute approximate surface area is 62.7 Å². The minimum absolute atomic E-state index is 0.250. The van der Waals surface area contributed by atoms with Gasteiger partial charge in [-0.2, -0.15) is 0 Å². The maximum Gasteiger partial charge on any atom is 0.305 e. The van der Waals surface area contributed by atoms with Gasteiger partial charge in [-0.3, -0.25) is 10.1 Å². The number of allylic oxidation sites excluding steroid dienone is 1. The Bertz CT molecular complexity index is 210. The first-order valence-electron chi connectivity index (χ1n) is 2.26. The summed E-state index contributed by atoms with van der Waals surface area (Å²) in [6.07, 6.45) is 1.01. The molecule has 54 valence electrons. The molecule has 0 aliphatic carbocycles. The summed E-state index contributed by atoms with van der Waals surface area (Å²) in [7, 11) is 0. The molecule has 0 aliphatic heterocycles. The summed E-state index contributed by atoms with van der Waals surface area (Å²) in [6.45, 7) is 6.20. The van der Waals surface area contributed by atoms with E-state index >= 15 is 0 Å². The summed E-state index contributed by atoms with van der Waals surface area (Å²) in [4.78, 5) is 12.5. The molecule has 0 radical (unpaired) electrons. The number of hydrogen-bond donors (Lipinski definition) is 0. The summed E-state index contributed by atoms with van der Waals surface area (Å²) < 4.78 is 0. The lowest BCUT2D eigenvalue weighted by Crippen LogP contribution is -1.96. The Morgan fingerprint density at radius 2 is 2.30 bits per heavy atom. The summed E-state index contributed by atoms with van der Waals surface area (Å²) in [6, 6.07) is 0. The first-order valence-corrected chi connectivity index (χ1v) is 2.64. The van der Waals surface area contributed by atoms with Crippen molar-refractivity contribution in [3.63, 3.8) is 0 Å². The molecule has 0 N–H and O–H groups in total. The quantitative estimate of drug-likeness (QED) is 0.207. The molecule has 0 saturated carbocycles. The fourth-order valence-electron chi connectivity index (χ4n) is 0.315. The molecule has 0 heterocycles. The van der Waals surface area contributed by atoms with Gasteiger partial charge in [0, 0.05) is 6.08 Å². The summed E-state index contributed by atoms with van der Waals surface area (Å²) in [5.74, 6) is 0. The Balaban J connectivity index is 4.79. The molecule has 0 saturated heterocycles. The molecule has 0 aliphatic rings. The molecule has 0 fully saturated rings. The molecule has 0 amide bonds. The lowest BCUT2D eigenvalue weighted by atomic mass is 10.5. The first-order chi connectivity index (χ1) is 4.63. The van der Waals surface area contributed by atoms with Gasteiger partial charge in [0.05, 0.1) is 4.92 Å². The van der Waals surface area contributed by atoms with E-state index < -0.39 is 4.92 Å². The highest BCUT2D eigenvalue weighted by molar-refractivity contribution is 6.29. The van der Waals surface area contributed by atoms with Gasteiger partial charge in [0.25, 0.3) is 0 Å². The predicted molar refractivity (Wildman–Crippen MR) is 39.6 cm³/mol. The summed E-state index contributed by atoms with van der Waals surface area (Å²) >= 11 is 5.26. The molecule has 0 atom stereocenters. The van der Waals surface area contributed by atoms with Crippen LogP contribution in [0.2, 0.25) is 0 Å². The monoisotopic (exact) mass is 160 g/mol. The van der Waals surface area contributed by atoms with Crippen molar-refractivity contribution in [2.24, 2.45) is 4.99 Å². The van der Waals surface area contributed by atoms with Gasteiger partial charge < -0.3 is 0 Å². The molecule has 0 aromatic heterocycles. The van der Waals surface area contributed by atoms with Crippen molar-refractivity contribution >= 4 is 18.3 Å². The average molecular weight is 161 g/mol. The van der Waals surface area contributed by atoms with Crippen molar-refractivity contribution in [3.8, 4) is 0 Å². The second-order valence-corrected chi connectivity index (χ2v) is 1.65. The topological polar surface area (TPSA) is 55.5 Å². The van der Waals surface area contributed by atoms with Crippen LogP contribution in [0.1, 0.15) is 0 Å². The van der Waals surface area contributed by atoms with Gasteiger partial charge in [0.2, 0.25) is 5.16 Å². The molecular weight excluding hydrogens is 156 g/mol. The van der Waals surface area contributed by atoms with E-state index in [1.165, 1.54) is 0 Å². The molecule has 0 bridgehead atoms. The second-order valence-electron chi connectivity index (χ2n) is 1.30. The Morgan fingerprint density at radius 1 is 1.80 bits per heavy atom. The third kappa shape index (κ3) is 1.99. The fourth-order valence-corrected chi connectivity index (χ4v) is 0.461. The van der Waals surface area contributed by atoms with E-state index in [2.05, 4.69) is 18.3 Å². The molecule has 0 aromatic carbocycles. The smallest absolute Gasteiger partial charge is 0.258 e.